The number of hydrogen-bond donors (Lipinski definition) is 0. The van der Waals surface area contributed by atoms with Gasteiger partial charge in [0.05, 0.1) is 11.1 Å². The monoisotopic (exact) mass is 342 g/mol. The largest absolute Gasteiger partial charge is 0.417 e. The summed E-state index contributed by atoms with van der Waals surface area (Å²) in [6.07, 6.45) is -4.02. The maximum absolute atomic E-state index is 13.0. The number of rotatable bonds is 3. The second-order valence-electron chi connectivity index (χ2n) is 4.93. The molecule has 0 saturated carbocycles. The smallest absolute Gasteiger partial charge is 0.166 e. The van der Waals surface area contributed by atoms with E-state index in [1.807, 2.05) is 18.2 Å². The third kappa shape index (κ3) is 4.75. The first-order valence-electron chi connectivity index (χ1n) is 6.86. The van der Waals surface area contributed by atoms with Gasteiger partial charge in [0, 0.05) is 0 Å². The molecule has 0 atom stereocenters. The van der Waals surface area contributed by atoms with Crippen LogP contribution in [0.1, 0.15) is 22.3 Å². The van der Waals surface area contributed by atoms with Gasteiger partial charge < -0.3 is 0 Å². The van der Waals surface area contributed by atoms with Crippen LogP contribution < -0.4 is 0 Å². The highest BCUT2D eigenvalue weighted by Crippen LogP contribution is 2.37. The molecule has 0 aliphatic carbocycles. The van der Waals surface area contributed by atoms with E-state index in [1.165, 1.54) is 12.2 Å². The normalized spacial score (nSPS) is 13.1. The Labute approximate surface area is 134 Å². The molecule has 0 saturated heterocycles. The molecule has 0 fully saturated rings. The van der Waals surface area contributed by atoms with Crippen LogP contribution in [0.4, 0.5) is 26.3 Å². The van der Waals surface area contributed by atoms with E-state index in [9.17, 15) is 26.3 Å². The Bertz CT molecular complexity index is 736. The fraction of sp³-hybridized carbons (Fsp3) is 0.111. The highest BCUT2D eigenvalue weighted by molar-refractivity contribution is 5.60. The molecule has 0 bridgehead atoms. The van der Waals surface area contributed by atoms with E-state index in [-0.39, 0.29) is 11.6 Å². The summed E-state index contributed by atoms with van der Waals surface area (Å²) in [6.45, 7) is 0. The van der Waals surface area contributed by atoms with E-state index >= 15 is 0 Å². The Hall–Kier alpha value is -2.50. The summed E-state index contributed by atoms with van der Waals surface area (Å²) in [7, 11) is 0. The Morgan fingerprint density at radius 3 is 1.88 bits per heavy atom. The van der Waals surface area contributed by atoms with Crippen LogP contribution in [0.25, 0.3) is 12.2 Å². The molecule has 0 radical (unpaired) electrons. The number of benzene rings is 2. The van der Waals surface area contributed by atoms with Gasteiger partial charge in [0.15, 0.2) is 0 Å². The highest BCUT2D eigenvalue weighted by Gasteiger charge is 2.37. The molecule has 0 heterocycles. The van der Waals surface area contributed by atoms with E-state index in [2.05, 4.69) is 0 Å². The van der Waals surface area contributed by atoms with Gasteiger partial charge in [-0.15, -0.1) is 0 Å². The van der Waals surface area contributed by atoms with Crippen LogP contribution in [-0.4, -0.2) is 0 Å². The summed E-state index contributed by atoms with van der Waals surface area (Å²) in [4.78, 5) is 0. The van der Waals surface area contributed by atoms with Crippen molar-refractivity contribution in [3.63, 3.8) is 0 Å². The van der Waals surface area contributed by atoms with E-state index in [1.54, 1.807) is 18.2 Å². The summed E-state index contributed by atoms with van der Waals surface area (Å²) in [5.41, 5.74) is -2.12. The number of allylic oxidation sites excluding steroid dienone is 2. The van der Waals surface area contributed by atoms with Crippen molar-refractivity contribution in [2.75, 3.05) is 0 Å². The second-order valence-corrected chi connectivity index (χ2v) is 4.93. The van der Waals surface area contributed by atoms with Gasteiger partial charge in [0.1, 0.15) is 0 Å². The SMILES string of the molecule is FC(F)(F)c1ccc(C=CC=Cc2ccccc2)c(C(F)(F)F)c1. The predicted molar refractivity (Wildman–Crippen MR) is 81.0 cm³/mol. The molecule has 0 aromatic heterocycles. The number of alkyl halides is 6. The van der Waals surface area contributed by atoms with Crippen molar-refractivity contribution in [2.24, 2.45) is 0 Å². The molecule has 6 heteroatoms. The standard InChI is InChI=1S/C18H12F6/c19-17(20,21)15-11-10-14(16(12-15)18(22,23)24)9-5-4-8-13-6-2-1-3-7-13/h1-12H. The van der Waals surface area contributed by atoms with Crippen LogP contribution in [0.5, 0.6) is 0 Å². The summed E-state index contributed by atoms with van der Waals surface area (Å²) >= 11 is 0. The van der Waals surface area contributed by atoms with Crippen LogP contribution >= 0.6 is 0 Å². The molecule has 0 unspecified atom stereocenters. The van der Waals surface area contributed by atoms with Gasteiger partial charge >= 0.3 is 12.4 Å². The third-order valence-corrected chi connectivity index (χ3v) is 3.16. The molecule has 0 amide bonds. The van der Waals surface area contributed by atoms with Crippen molar-refractivity contribution >= 4 is 12.2 Å². The molecular formula is C18H12F6. The lowest BCUT2D eigenvalue weighted by atomic mass is 10.0. The summed E-state index contributed by atoms with van der Waals surface area (Å²) in [6, 6.07) is 10.6. The van der Waals surface area contributed by atoms with Crippen molar-refractivity contribution < 1.29 is 26.3 Å². The van der Waals surface area contributed by atoms with Crippen molar-refractivity contribution in [3.8, 4) is 0 Å². The van der Waals surface area contributed by atoms with Gasteiger partial charge in [-0.2, -0.15) is 26.3 Å². The topological polar surface area (TPSA) is 0 Å². The fourth-order valence-electron chi connectivity index (χ4n) is 2.01. The Morgan fingerprint density at radius 1 is 0.667 bits per heavy atom. The zero-order valence-corrected chi connectivity index (χ0v) is 12.2. The molecule has 24 heavy (non-hydrogen) atoms. The van der Waals surface area contributed by atoms with E-state index < -0.39 is 23.5 Å². The van der Waals surface area contributed by atoms with Gasteiger partial charge in [-0.3, -0.25) is 0 Å². The Morgan fingerprint density at radius 2 is 1.29 bits per heavy atom. The van der Waals surface area contributed by atoms with Crippen LogP contribution in [0.15, 0.2) is 60.7 Å². The lowest BCUT2D eigenvalue weighted by Crippen LogP contribution is -2.12. The first-order chi connectivity index (χ1) is 11.2. The second kappa shape index (κ2) is 6.95. The van der Waals surface area contributed by atoms with Crippen molar-refractivity contribution in [1.82, 2.24) is 0 Å². The number of hydrogen-bond acceptors (Lipinski definition) is 0. The first-order valence-corrected chi connectivity index (χ1v) is 6.86. The number of halogens is 6. The molecule has 2 aromatic carbocycles. The van der Waals surface area contributed by atoms with Crippen molar-refractivity contribution in [2.45, 2.75) is 12.4 Å². The lowest BCUT2D eigenvalue weighted by molar-refractivity contribution is -0.143. The molecule has 0 aliphatic heterocycles. The Kier molecular flexibility index (Phi) is 5.17. The molecule has 126 valence electrons. The van der Waals surface area contributed by atoms with Crippen LogP contribution in [0, 0.1) is 0 Å². The summed E-state index contributed by atoms with van der Waals surface area (Å²) in [5.74, 6) is 0. The zero-order valence-electron chi connectivity index (χ0n) is 12.2. The average molecular weight is 342 g/mol. The van der Waals surface area contributed by atoms with Gasteiger partial charge in [-0.25, -0.2) is 0 Å². The molecular weight excluding hydrogens is 330 g/mol. The first kappa shape index (κ1) is 17.8. The molecule has 2 rings (SSSR count). The summed E-state index contributed by atoms with van der Waals surface area (Å²) in [5, 5.41) is 0. The Balaban J connectivity index is 2.29. The molecule has 0 spiro atoms. The van der Waals surface area contributed by atoms with Crippen molar-refractivity contribution in [3.05, 3.63) is 82.9 Å². The van der Waals surface area contributed by atoms with Crippen LogP contribution in [0.2, 0.25) is 0 Å². The van der Waals surface area contributed by atoms with E-state index in [0.29, 0.717) is 6.07 Å². The van der Waals surface area contributed by atoms with E-state index in [0.717, 1.165) is 17.7 Å². The minimum Gasteiger partial charge on any atom is -0.166 e. The molecule has 0 nitrogen and oxygen atoms in total. The predicted octanol–water partition coefficient (Wildman–Crippen LogP) is 6.45. The minimum atomic E-state index is -4.87. The van der Waals surface area contributed by atoms with Crippen molar-refractivity contribution in [1.29, 1.82) is 0 Å². The maximum atomic E-state index is 13.0. The van der Waals surface area contributed by atoms with Gasteiger partial charge in [-0.1, -0.05) is 60.7 Å². The van der Waals surface area contributed by atoms with Gasteiger partial charge in [-0.05, 0) is 23.3 Å². The average Bonchev–Trinajstić information content (AvgIpc) is 2.50. The highest BCUT2D eigenvalue weighted by atomic mass is 19.4. The quantitative estimate of drug-likeness (QED) is 0.444. The molecule has 0 aliphatic rings. The molecule has 0 N–H and O–H groups in total. The third-order valence-electron chi connectivity index (χ3n) is 3.16. The fourth-order valence-corrected chi connectivity index (χ4v) is 2.01. The summed E-state index contributed by atoms with van der Waals surface area (Å²) < 4.78 is 76.7. The minimum absolute atomic E-state index is 0.126. The lowest BCUT2D eigenvalue weighted by Gasteiger charge is -2.14. The van der Waals surface area contributed by atoms with E-state index in [4.69, 9.17) is 0 Å². The van der Waals surface area contributed by atoms with Gasteiger partial charge in [0.25, 0.3) is 0 Å². The maximum Gasteiger partial charge on any atom is 0.417 e. The zero-order chi connectivity index (χ0) is 17.8. The van der Waals surface area contributed by atoms with Gasteiger partial charge in [0.2, 0.25) is 0 Å². The van der Waals surface area contributed by atoms with Crippen LogP contribution in [-0.2, 0) is 12.4 Å². The molecule has 2 aromatic rings. The van der Waals surface area contributed by atoms with Crippen LogP contribution in [0.3, 0.4) is 0 Å².